The predicted octanol–water partition coefficient (Wildman–Crippen LogP) is 4.17. The van der Waals surface area contributed by atoms with E-state index in [0.29, 0.717) is 39.9 Å². The molecule has 4 rings (SSSR count). The van der Waals surface area contributed by atoms with Crippen LogP contribution in [0, 0.1) is 13.8 Å². The first-order valence-corrected chi connectivity index (χ1v) is 9.84. The van der Waals surface area contributed by atoms with Crippen molar-refractivity contribution in [3.05, 3.63) is 108 Å². The van der Waals surface area contributed by atoms with E-state index in [4.69, 9.17) is 16.3 Å². The molecule has 31 heavy (non-hydrogen) atoms. The van der Waals surface area contributed by atoms with Crippen LogP contribution in [0.3, 0.4) is 0 Å². The number of hydrogen-bond acceptors (Lipinski definition) is 3. The van der Waals surface area contributed by atoms with Crippen LogP contribution in [-0.2, 0) is 6.61 Å². The van der Waals surface area contributed by atoms with Crippen LogP contribution in [0.25, 0.3) is 0 Å². The molecule has 2 aromatic heterocycles. The number of nitrogens with one attached hydrogen (secondary N) is 4. The zero-order chi connectivity index (χ0) is 21.3. The maximum absolute atomic E-state index is 12.6. The second-order valence-corrected chi connectivity index (χ2v) is 7.53. The number of H-pyrrole nitrogens is 4. The molecule has 0 saturated carbocycles. The molecule has 0 radical (unpaired) electrons. The van der Waals surface area contributed by atoms with Crippen LogP contribution in [0.5, 0.6) is 5.75 Å². The number of rotatable bonds is 6. The van der Waals surface area contributed by atoms with Crippen molar-refractivity contribution in [2.75, 3.05) is 0 Å². The molecule has 2 aromatic carbocycles. The Bertz CT molecular complexity index is 1250. The molecule has 0 aliphatic carbocycles. The Morgan fingerprint density at radius 1 is 0.871 bits per heavy atom. The van der Waals surface area contributed by atoms with Crippen molar-refractivity contribution < 1.29 is 4.74 Å². The summed E-state index contributed by atoms with van der Waals surface area (Å²) in [5, 5.41) is 11.5. The van der Waals surface area contributed by atoms with Gasteiger partial charge in [0.25, 0.3) is 11.1 Å². The number of aryl methyl sites for hydroxylation is 2. The number of aromatic amines is 4. The minimum Gasteiger partial charge on any atom is -0.489 e. The molecular formula is C22H22Cl2N4O3. The quantitative estimate of drug-likeness (QED) is 0.346. The zero-order valence-corrected chi connectivity index (χ0v) is 18.5. The fraction of sp³-hybridized carbons (Fsp3) is 0.182. The summed E-state index contributed by atoms with van der Waals surface area (Å²) in [4.78, 5) is 25.1. The molecule has 0 amide bonds. The van der Waals surface area contributed by atoms with Crippen molar-refractivity contribution in [2.24, 2.45) is 0 Å². The summed E-state index contributed by atoms with van der Waals surface area (Å²) in [6.07, 6.45) is 0. The maximum Gasteiger partial charge on any atom is 0.268 e. The highest BCUT2D eigenvalue weighted by Gasteiger charge is 2.28. The van der Waals surface area contributed by atoms with E-state index < -0.39 is 5.92 Å². The molecule has 0 aliphatic rings. The van der Waals surface area contributed by atoms with E-state index in [1.54, 1.807) is 13.8 Å². The van der Waals surface area contributed by atoms with Gasteiger partial charge in [-0.1, -0.05) is 41.9 Å². The lowest BCUT2D eigenvalue weighted by Gasteiger charge is -2.17. The first-order chi connectivity index (χ1) is 14.5. The van der Waals surface area contributed by atoms with E-state index >= 15 is 0 Å². The molecule has 4 aromatic rings. The van der Waals surface area contributed by atoms with E-state index in [1.807, 2.05) is 48.5 Å². The van der Waals surface area contributed by atoms with Crippen molar-refractivity contribution in [3.63, 3.8) is 0 Å². The zero-order valence-electron chi connectivity index (χ0n) is 16.9. The molecule has 0 saturated heterocycles. The Morgan fingerprint density at radius 2 is 1.48 bits per heavy atom. The minimum atomic E-state index is -0.557. The fourth-order valence-corrected chi connectivity index (χ4v) is 3.83. The van der Waals surface area contributed by atoms with E-state index in [2.05, 4.69) is 20.4 Å². The smallest absolute Gasteiger partial charge is 0.268 e. The summed E-state index contributed by atoms with van der Waals surface area (Å²) in [6.45, 7) is 3.91. The Labute approximate surface area is 189 Å². The van der Waals surface area contributed by atoms with Gasteiger partial charge in [0.2, 0.25) is 0 Å². The van der Waals surface area contributed by atoms with Crippen molar-refractivity contribution in [1.82, 2.24) is 20.4 Å². The average Bonchev–Trinajstić information content (AvgIpc) is 3.24. The Kier molecular flexibility index (Phi) is 6.77. The third-order valence-corrected chi connectivity index (χ3v) is 5.51. The van der Waals surface area contributed by atoms with E-state index in [-0.39, 0.29) is 23.5 Å². The van der Waals surface area contributed by atoms with Crippen LogP contribution in [0.1, 0.15) is 39.6 Å². The molecular weight excluding hydrogens is 439 g/mol. The maximum atomic E-state index is 12.6. The van der Waals surface area contributed by atoms with Crippen LogP contribution >= 0.6 is 24.0 Å². The normalized spacial score (nSPS) is 10.8. The number of halogens is 2. The summed E-state index contributed by atoms with van der Waals surface area (Å²) in [6, 6.07) is 14.9. The highest BCUT2D eigenvalue weighted by Crippen LogP contribution is 2.33. The summed E-state index contributed by atoms with van der Waals surface area (Å²) in [5.74, 6) is 0.0607. The van der Waals surface area contributed by atoms with Gasteiger partial charge in [-0.05, 0) is 37.6 Å². The average molecular weight is 461 g/mol. The van der Waals surface area contributed by atoms with Crippen molar-refractivity contribution in [1.29, 1.82) is 0 Å². The van der Waals surface area contributed by atoms with Gasteiger partial charge in [0.1, 0.15) is 12.4 Å². The molecule has 0 atom stereocenters. The Morgan fingerprint density at radius 3 is 2.03 bits per heavy atom. The topological polar surface area (TPSA) is 107 Å². The largest absolute Gasteiger partial charge is 0.489 e. The highest BCUT2D eigenvalue weighted by atomic mass is 35.5. The third kappa shape index (κ3) is 4.47. The fourth-order valence-electron chi connectivity index (χ4n) is 3.64. The molecule has 0 bridgehead atoms. The molecule has 7 nitrogen and oxygen atoms in total. The van der Waals surface area contributed by atoms with Crippen LogP contribution in [0.15, 0.2) is 58.1 Å². The van der Waals surface area contributed by atoms with Gasteiger partial charge in [0, 0.05) is 27.9 Å². The van der Waals surface area contributed by atoms with E-state index in [0.717, 1.165) is 11.1 Å². The number of aromatic nitrogens is 4. The molecule has 0 spiro atoms. The first-order valence-electron chi connectivity index (χ1n) is 9.46. The van der Waals surface area contributed by atoms with Crippen LogP contribution in [0.2, 0.25) is 5.02 Å². The van der Waals surface area contributed by atoms with Gasteiger partial charge < -0.3 is 14.9 Å². The molecule has 2 heterocycles. The van der Waals surface area contributed by atoms with Gasteiger partial charge in [-0.3, -0.25) is 19.8 Å². The van der Waals surface area contributed by atoms with Crippen molar-refractivity contribution in [2.45, 2.75) is 26.4 Å². The van der Waals surface area contributed by atoms with Crippen LogP contribution < -0.4 is 15.9 Å². The lowest BCUT2D eigenvalue weighted by molar-refractivity contribution is 0.306. The minimum absolute atomic E-state index is 0. The second-order valence-electron chi connectivity index (χ2n) is 7.12. The third-order valence-electron chi connectivity index (χ3n) is 5.15. The lowest BCUT2D eigenvalue weighted by atomic mass is 9.85. The molecule has 4 N–H and O–H groups in total. The monoisotopic (exact) mass is 460 g/mol. The SMILES string of the molecule is Cc1[nH][nH]c(=O)c1C(c1cccc(OCc2ccccc2Cl)c1)c1c(C)[nH][nH]c1=O.Cl. The molecule has 9 heteroatoms. The first kappa shape index (κ1) is 22.5. The summed E-state index contributed by atoms with van der Waals surface area (Å²) in [5.41, 5.74) is 3.45. The van der Waals surface area contributed by atoms with E-state index in [1.165, 1.54) is 0 Å². The van der Waals surface area contributed by atoms with E-state index in [9.17, 15) is 9.59 Å². The lowest BCUT2D eigenvalue weighted by Crippen LogP contribution is -2.20. The van der Waals surface area contributed by atoms with Gasteiger partial charge in [0.15, 0.2) is 0 Å². The van der Waals surface area contributed by atoms with Crippen molar-refractivity contribution >= 4 is 24.0 Å². The summed E-state index contributed by atoms with van der Waals surface area (Å²) >= 11 is 6.21. The van der Waals surface area contributed by atoms with Gasteiger partial charge >= 0.3 is 0 Å². The van der Waals surface area contributed by atoms with Gasteiger partial charge in [-0.15, -0.1) is 12.4 Å². The highest BCUT2D eigenvalue weighted by molar-refractivity contribution is 6.31. The molecule has 162 valence electrons. The second kappa shape index (κ2) is 9.32. The number of benzene rings is 2. The standard InChI is InChI=1S/C22H21ClN4O3.ClH/c1-12-18(21(28)26-24-12)20(19-13(2)25-27-22(19)29)14-7-5-8-16(10-14)30-11-15-6-3-4-9-17(15)23;/h3-10,20H,11H2,1-2H3,(H2,24,26,28)(H2,25,27,29);1H. The number of hydrogen-bond donors (Lipinski definition) is 4. The van der Waals surface area contributed by atoms with Crippen molar-refractivity contribution in [3.8, 4) is 5.75 Å². The molecule has 0 aliphatic heterocycles. The number of ether oxygens (including phenoxy) is 1. The summed E-state index contributed by atoms with van der Waals surface area (Å²) in [7, 11) is 0. The summed E-state index contributed by atoms with van der Waals surface area (Å²) < 4.78 is 5.95. The molecule has 0 fully saturated rings. The van der Waals surface area contributed by atoms with Gasteiger partial charge in [-0.25, -0.2) is 0 Å². The van der Waals surface area contributed by atoms with Gasteiger partial charge in [0.05, 0.1) is 11.1 Å². The predicted molar refractivity (Wildman–Crippen MR) is 123 cm³/mol. The Hall–Kier alpha value is -3.16. The van der Waals surface area contributed by atoms with Crippen LogP contribution in [-0.4, -0.2) is 20.4 Å². The Balaban J connectivity index is 0.00000272. The molecule has 0 unspecified atom stereocenters. The van der Waals surface area contributed by atoms with Crippen LogP contribution in [0.4, 0.5) is 0 Å². The van der Waals surface area contributed by atoms with Gasteiger partial charge in [-0.2, -0.15) is 0 Å².